The van der Waals surface area contributed by atoms with Gasteiger partial charge in [-0.2, -0.15) is 0 Å². The van der Waals surface area contributed by atoms with Crippen LogP contribution in [0.2, 0.25) is 0 Å². The fraction of sp³-hybridized carbons (Fsp3) is 0.455. The Hall–Kier alpha value is -0.610. The van der Waals surface area contributed by atoms with Gasteiger partial charge in [0.25, 0.3) is 0 Å². The molecule has 0 saturated carbocycles. The zero-order valence-electron chi connectivity index (χ0n) is 8.53. The Labute approximate surface area is 94.8 Å². The molecule has 1 N–H and O–H groups in total. The number of nitrogens with zero attached hydrogens (tertiary/aromatic N) is 1. The molecule has 2 rings (SSSR count). The van der Waals surface area contributed by atoms with Crippen LogP contribution in [0.4, 0.5) is 0 Å². The van der Waals surface area contributed by atoms with Crippen LogP contribution in [0.25, 0.3) is 0 Å². The molecule has 1 aromatic carbocycles. The van der Waals surface area contributed by atoms with Crippen molar-refractivity contribution in [2.75, 3.05) is 25.5 Å². The van der Waals surface area contributed by atoms with Gasteiger partial charge in [0, 0.05) is 5.56 Å². The summed E-state index contributed by atoms with van der Waals surface area (Å²) in [5.74, 6) is 0.411. The van der Waals surface area contributed by atoms with Gasteiger partial charge < -0.3 is 9.85 Å². The molecule has 1 aromatic rings. The maximum absolute atomic E-state index is 12.4. The van der Waals surface area contributed by atoms with E-state index < -0.39 is 0 Å². The molecule has 15 heavy (non-hydrogen) atoms. The van der Waals surface area contributed by atoms with Crippen LogP contribution in [0.15, 0.2) is 30.3 Å². The van der Waals surface area contributed by atoms with E-state index in [1.807, 2.05) is 30.3 Å². The number of quaternary nitrogens is 1. The number of hydrogen-bond donors (Lipinski definition) is 1. The van der Waals surface area contributed by atoms with Crippen LogP contribution < -0.4 is 5.32 Å². The van der Waals surface area contributed by atoms with E-state index in [1.54, 1.807) is 0 Å². The molecule has 1 fully saturated rings. The highest BCUT2D eigenvalue weighted by Crippen LogP contribution is 2.28. The summed E-state index contributed by atoms with van der Waals surface area (Å²) in [5, 5.41) is 15.7. The summed E-state index contributed by atoms with van der Waals surface area (Å²) in [7, 11) is 0. The highest BCUT2D eigenvalue weighted by molar-refractivity contribution is 6.17. The number of hydroxylamine groups is 3. The van der Waals surface area contributed by atoms with Crippen molar-refractivity contribution >= 4 is 11.6 Å². The van der Waals surface area contributed by atoms with Gasteiger partial charge in [-0.15, -0.1) is 11.6 Å². The lowest BCUT2D eigenvalue weighted by molar-refractivity contribution is -0.897. The second-order valence-electron chi connectivity index (χ2n) is 3.86. The van der Waals surface area contributed by atoms with Crippen molar-refractivity contribution in [3.05, 3.63) is 41.1 Å². The Kier molecular flexibility index (Phi) is 3.26. The average molecular weight is 227 g/mol. The number of nitrogens with one attached hydrogen (secondary N) is 1. The van der Waals surface area contributed by atoms with Crippen LogP contribution >= 0.6 is 11.6 Å². The molecule has 0 aliphatic carbocycles. The molecule has 0 spiro atoms. The standard InChI is InChI=1S/C11H15ClN2O/c12-6-8-14(15)9-7-13-11(14)10-4-2-1-3-5-10/h1-5,11,13H,6-9H2. The lowest BCUT2D eigenvalue weighted by Crippen LogP contribution is -2.44. The molecule has 1 aliphatic rings. The Bertz CT molecular complexity index is 320. The zero-order valence-corrected chi connectivity index (χ0v) is 9.28. The van der Waals surface area contributed by atoms with Crippen molar-refractivity contribution in [3.8, 4) is 0 Å². The number of halogens is 1. The van der Waals surface area contributed by atoms with Crippen molar-refractivity contribution in [3.63, 3.8) is 0 Å². The molecule has 0 amide bonds. The predicted molar refractivity (Wildman–Crippen MR) is 61.3 cm³/mol. The van der Waals surface area contributed by atoms with Gasteiger partial charge in [-0.1, -0.05) is 30.3 Å². The first-order valence-electron chi connectivity index (χ1n) is 5.18. The van der Waals surface area contributed by atoms with Gasteiger partial charge in [0.15, 0.2) is 6.17 Å². The smallest absolute Gasteiger partial charge is 0.169 e. The van der Waals surface area contributed by atoms with Crippen LogP contribution in [-0.4, -0.2) is 30.2 Å². The van der Waals surface area contributed by atoms with E-state index >= 15 is 0 Å². The lowest BCUT2D eigenvalue weighted by atomic mass is 10.1. The summed E-state index contributed by atoms with van der Waals surface area (Å²) in [4.78, 5) is 0. The minimum Gasteiger partial charge on any atom is -0.631 e. The first kappa shape index (κ1) is 10.9. The van der Waals surface area contributed by atoms with Crippen molar-refractivity contribution in [2.45, 2.75) is 6.17 Å². The summed E-state index contributed by atoms with van der Waals surface area (Å²) in [6.45, 7) is 1.83. The molecular weight excluding hydrogens is 212 g/mol. The van der Waals surface area contributed by atoms with Crippen LogP contribution in [-0.2, 0) is 0 Å². The van der Waals surface area contributed by atoms with Gasteiger partial charge in [-0.3, -0.25) is 5.32 Å². The van der Waals surface area contributed by atoms with Crippen LogP contribution in [0.5, 0.6) is 0 Å². The summed E-state index contributed by atoms with van der Waals surface area (Å²) < 4.78 is -0.243. The first-order valence-corrected chi connectivity index (χ1v) is 5.72. The Morgan fingerprint density at radius 2 is 2.13 bits per heavy atom. The normalized spacial score (nSPS) is 30.7. The predicted octanol–water partition coefficient (Wildman–Crippen LogP) is 1.84. The molecule has 0 bridgehead atoms. The lowest BCUT2D eigenvalue weighted by Gasteiger charge is -2.43. The van der Waals surface area contributed by atoms with Gasteiger partial charge in [-0.25, -0.2) is 0 Å². The number of alkyl halides is 1. The molecule has 1 aliphatic heterocycles. The molecule has 2 atom stereocenters. The molecule has 4 heteroatoms. The highest BCUT2D eigenvalue weighted by atomic mass is 35.5. The third kappa shape index (κ3) is 2.16. The Morgan fingerprint density at radius 3 is 2.80 bits per heavy atom. The summed E-state index contributed by atoms with van der Waals surface area (Å²) in [6, 6.07) is 9.85. The Balaban J connectivity index is 2.21. The quantitative estimate of drug-likeness (QED) is 0.485. The first-order chi connectivity index (χ1) is 7.26. The maximum Gasteiger partial charge on any atom is 0.169 e. The number of hydrogen-bond acceptors (Lipinski definition) is 2. The fourth-order valence-electron chi connectivity index (χ4n) is 2.09. The summed E-state index contributed by atoms with van der Waals surface area (Å²) in [6.07, 6.45) is -0.148. The molecule has 2 unspecified atom stereocenters. The second-order valence-corrected chi connectivity index (χ2v) is 4.23. The SMILES string of the molecule is [O-][N+]1(CCCl)CCNC1c1ccccc1. The third-order valence-corrected chi connectivity index (χ3v) is 3.05. The number of benzene rings is 1. The molecule has 82 valence electrons. The minimum atomic E-state index is -0.243. The Morgan fingerprint density at radius 1 is 1.40 bits per heavy atom. The van der Waals surface area contributed by atoms with Gasteiger partial charge in [0.1, 0.15) is 0 Å². The minimum absolute atomic E-state index is 0.148. The fourth-order valence-corrected chi connectivity index (χ4v) is 2.38. The van der Waals surface area contributed by atoms with Gasteiger partial charge in [0.05, 0.1) is 25.5 Å². The average Bonchev–Trinajstić information content (AvgIpc) is 2.62. The van der Waals surface area contributed by atoms with Crippen LogP contribution in [0, 0.1) is 5.21 Å². The highest BCUT2D eigenvalue weighted by Gasteiger charge is 2.34. The van der Waals surface area contributed by atoms with E-state index in [0.717, 1.165) is 12.1 Å². The van der Waals surface area contributed by atoms with Gasteiger partial charge in [0.2, 0.25) is 0 Å². The zero-order chi connectivity index (χ0) is 10.7. The molecule has 0 radical (unpaired) electrons. The molecule has 3 nitrogen and oxygen atoms in total. The number of rotatable bonds is 3. The van der Waals surface area contributed by atoms with E-state index in [2.05, 4.69) is 5.32 Å². The van der Waals surface area contributed by atoms with E-state index in [-0.39, 0.29) is 10.8 Å². The molecule has 0 aromatic heterocycles. The van der Waals surface area contributed by atoms with Crippen molar-refractivity contribution in [2.24, 2.45) is 0 Å². The van der Waals surface area contributed by atoms with E-state index in [0.29, 0.717) is 19.0 Å². The van der Waals surface area contributed by atoms with Crippen molar-refractivity contribution < 1.29 is 4.65 Å². The molecule has 1 heterocycles. The van der Waals surface area contributed by atoms with E-state index in [1.165, 1.54) is 0 Å². The monoisotopic (exact) mass is 226 g/mol. The third-order valence-electron chi connectivity index (χ3n) is 2.88. The van der Waals surface area contributed by atoms with Gasteiger partial charge >= 0.3 is 0 Å². The maximum atomic E-state index is 12.4. The molecule has 1 saturated heterocycles. The molecular formula is C11H15ClN2O. The largest absolute Gasteiger partial charge is 0.631 e. The van der Waals surface area contributed by atoms with E-state index in [9.17, 15) is 5.21 Å². The second kappa shape index (κ2) is 4.49. The van der Waals surface area contributed by atoms with Gasteiger partial charge in [-0.05, 0) is 0 Å². The van der Waals surface area contributed by atoms with Crippen molar-refractivity contribution in [1.82, 2.24) is 5.32 Å². The van der Waals surface area contributed by atoms with Crippen molar-refractivity contribution in [1.29, 1.82) is 0 Å². The topological polar surface area (TPSA) is 35.1 Å². The van der Waals surface area contributed by atoms with Crippen LogP contribution in [0.1, 0.15) is 11.7 Å². The van der Waals surface area contributed by atoms with Crippen LogP contribution in [0.3, 0.4) is 0 Å². The summed E-state index contributed by atoms with van der Waals surface area (Å²) in [5.41, 5.74) is 1.05. The van der Waals surface area contributed by atoms with E-state index in [4.69, 9.17) is 11.6 Å². The summed E-state index contributed by atoms with van der Waals surface area (Å²) >= 11 is 5.68.